The molecule has 0 radical (unpaired) electrons. The Hall–Kier alpha value is -1.46. The van der Waals surface area contributed by atoms with E-state index >= 15 is 0 Å². The number of hydrogen-bond donors (Lipinski definition) is 2. The summed E-state index contributed by atoms with van der Waals surface area (Å²) in [7, 11) is 0. The van der Waals surface area contributed by atoms with Gasteiger partial charge in [0.15, 0.2) is 0 Å². The highest BCUT2D eigenvalue weighted by Crippen LogP contribution is 2.16. The zero-order valence-corrected chi connectivity index (χ0v) is 10.4. The number of carboxylic acids is 1. The number of carboxylic acid groups (broad SMARTS) is 1. The molecule has 0 bridgehead atoms. The second kappa shape index (κ2) is 7.79. The smallest absolute Gasteiger partial charge is 0.325 e. The molecule has 1 unspecified atom stereocenters. The van der Waals surface area contributed by atoms with Crippen LogP contribution in [0, 0.1) is 5.82 Å². The Kier molecular flexibility index (Phi) is 6.32. The first kappa shape index (κ1) is 14.6. The summed E-state index contributed by atoms with van der Waals surface area (Å²) in [4.78, 5) is 11.1. The average Bonchev–Trinajstić information content (AvgIpc) is 2.35. The number of aliphatic carboxylic acids is 1. The van der Waals surface area contributed by atoms with E-state index in [9.17, 15) is 9.18 Å². The molecule has 1 aromatic carbocycles. The number of benzene rings is 1. The van der Waals surface area contributed by atoms with Crippen molar-refractivity contribution in [1.29, 1.82) is 0 Å². The number of hydrogen-bond acceptors (Lipinski definition) is 3. The molecule has 18 heavy (non-hydrogen) atoms. The monoisotopic (exact) mass is 255 g/mol. The molecule has 0 spiro atoms. The van der Waals surface area contributed by atoms with Crippen LogP contribution in [0.3, 0.4) is 0 Å². The summed E-state index contributed by atoms with van der Waals surface area (Å²) >= 11 is 0. The van der Waals surface area contributed by atoms with Gasteiger partial charge in [-0.05, 0) is 26.0 Å². The van der Waals surface area contributed by atoms with E-state index in [0.29, 0.717) is 26.2 Å². The first-order chi connectivity index (χ1) is 8.66. The number of ether oxygens (including phenoxy) is 1. The van der Waals surface area contributed by atoms with Gasteiger partial charge in [-0.2, -0.15) is 0 Å². The van der Waals surface area contributed by atoms with Gasteiger partial charge >= 0.3 is 5.97 Å². The second-order valence-electron chi connectivity index (χ2n) is 3.80. The summed E-state index contributed by atoms with van der Waals surface area (Å²) in [6, 6.07) is 4.87. The maximum absolute atomic E-state index is 13.5. The van der Waals surface area contributed by atoms with Crippen molar-refractivity contribution in [3.05, 3.63) is 35.6 Å². The fourth-order valence-corrected chi connectivity index (χ4v) is 1.60. The van der Waals surface area contributed by atoms with E-state index in [2.05, 4.69) is 5.32 Å². The average molecular weight is 255 g/mol. The summed E-state index contributed by atoms with van der Waals surface area (Å²) in [5.74, 6) is -1.60. The van der Waals surface area contributed by atoms with Gasteiger partial charge in [0.05, 0.1) is 0 Å². The highest BCUT2D eigenvalue weighted by Gasteiger charge is 2.21. The number of rotatable bonds is 8. The first-order valence-corrected chi connectivity index (χ1v) is 5.95. The van der Waals surface area contributed by atoms with Crippen molar-refractivity contribution in [3.63, 3.8) is 0 Å². The molecule has 4 nitrogen and oxygen atoms in total. The molecule has 1 rings (SSSR count). The van der Waals surface area contributed by atoms with E-state index in [0.717, 1.165) is 0 Å². The molecule has 0 saturated carbocycles. The Morgan fingerprint density at radius 2 is 2.22 bits per heavy atom. The predicted molar refractivity (Wildman–Crippen MR) is 65.9 cm³/mol. The Bertz CT molecular complexity index is 384. The number of nitrogens with one attached hydrogen (secondary N) is 1. The molecule has 1 aromatic rings. The molecule has 0 heterocycles. The minimum Gasteiger partial charge on any atom is -0.480 e. The van der Waals surface area contributed by atoms with Crippen molar-refractivity contribution in [1.82, 2.24) is 5.32 Å². The molecular formula is C13H18FNO3. The van der Waals surface area contributed by atoms with E-state index in [1.54, 1.807) is 6.07 Å². The fourth-order valence-electron chi connectivity index (χ4n) is 1.60. The van der Waals surface area contributed by atoms with Gasteiger partial charge in [-0.25, -0.2) is 4.39 Å². The largest absolute Gasteiger partial charge is 0.480 e. The Morgan fingerprint density at radius 3 is 2.83 bits per heavy atom. The van der Waals surface area contributed by atoms with Crippen LogP contribution < -0.4 is 5.32 Å². The summed E-state index contributed by atoms with van der Waals surface area (Å²) in [6.07, 6.45) is 0.687. The van der Waals surface area contributed by atoms with Gasteiger partial charge in [-0.1, -0.05) is 18.2 Å². The lowest BCUT2D eigenvalue weighted by Crippen LogP contribution is -2.30. The molecule has 0 saturated heterocycles. The van der Waals surface area contributed by atoms with Gasteiger partial charge < -0.3 is 15.2 Å². The zero-order chi connectivity index (χ0) is 13.4. The Morgan fingerprint density at radius 1 is 1.50 bits per heavy atom. The van der Waals surface area contributed by atoms with E-state index in [1.165, 1.54) is 18.2 Å². The van der Waals surface area contributed by atoms with Gasteiger partial charge in [-0.3, -0.25) is 4.79 Å². The van der Waals surface area contributed by atoms with Crippen molar-refractivity contribution < 1.29 is 19.0 Å². The van der Waals surface area contributed by atoms with Crippen LogP contribution in [0.4, 0.5) is 4.39 Å². The van der Waals surface area contributed by atoms with Crippen molar-refractivity contribution in [2.45, 2.75) is 19.4 Å². The summed E-state index contributed by atoms with van der Waals surface area (Å²) in [6.45, 7) is 3.56. The molecule has 5 heteroatoms. The molecule has 0 aromatic heterocycles. The lowest BCUT2D eigenvalue weighted by molar-refractivity contribution is -0.139. The molecule has 0 aliphatic heterocycles. The quantitative estimate of drug-likeness (QED) is 0.697. The van der Waals surface area contributed by atoms with E-state index in [1.807, 2.05) is 6.92 Å². The molecule has 100 valence electrons. The van der Waals surface area contributed by atoms with Crippen molar-refractivity contribution in [3.8, 4) is 0 Å². The van der Waals surface area contributed by atoms with E-state index < -0.39 is 17.8 Å². The predicted octanol–water partition coefficient (Wildman–Crippen LogP) is 1.97. The van der Waals surface area contributed by atoms with Gasteiger partial charge in [-0.15, -0.1) is 0 Å². The van der Waals surface area contributed by atoms with Crippen LogP contribution in [0.25, 0.3) is 0 Å². The van der Waals surface area contributed by atoms with Gasteiger partial charge in [0.25, 0.3) is 0 Å². The third-order valence-corrected chi connectivity index (χ3v) is 2.48. The highest BCUT2D eigenvalue weighted by atomic mass is 19.1. The topological polar surface area (TPSA) is 58.6 Å². The van der Waals surface area contributed by atoms with Crippen LogP contribution in [0.2, 0.25) is 0 Å². The lowest BCUT2D eigenvalue weighted by Gasteiger charge is -2.15. The van der Waals surface area contributed by atoms with Gasteiger partial charge in [0, 0.05) is 18.8 Å². The van der Waals surface area contributed by atoms with Gasteiger partial charge in [0.2, 0.25) is 0 Å². The van der Waals surface area contributed by atoms with Crippen LogP contribution in [-0.2, 0) is 9.53 Å². The van der Waals surface area contributed by atoms with Crippen molar-refractivity contribution in [2.24, 2.45) is 0 Å². The van der Waals surface area contributed by atoms with E-state index in [-0.39, 0.29) is 5.56 Å². The molecule has 0 amide bonds. The van der Waals surface area contributed by atoms with Crippen LogP contribution >= 0.6 is 0 Å². The summed E-state index contributed by atoms with van der Waals surface area (Å²) in [5, 5.41) is 11.9. The molecule has 1 atom stereocenters. The van der Waals surface area contributed by atoms with E-state index in [4.69, 9.17) is 9.84 Å². The Balaban J connectivity index is 2.56. The normalized spacial score (nSPS) is 12.3. The fraction of sp³-hybridized carbons (Fsp3) is 0.462. The molecular weight excluding hydrogens is 237 g/mol. The summed E-state index contributed by atoms with van der Waals surface area (Å²) < 4.78 is 18.6. The van der Waals surface area contributed by atoms with Crippen LogP contribution in [0.1, 0.15) is 24.9 Å². The Labute approximate surface area is 106 Å². The molecule has 0 aliphatic rings. The molecule has 2 N–H and O–H groups in total. The van der Waals surface area contributed by atoms with Crippen molar-refractivity contribution >= 4 is 5.97 Å². The summed E-state index contributed by atoms with van der Waals surface area (Å²) in [5.41, 5.74) is 0.154. The number of carbonyl (C=O) groups is 1. The van der Waals surface area contributed by atoms with Crippen LogP contribution in [0.15, 0.2) is 24.3 Å². The zero-order valence-electron chi connectivity index (χ0n) is 10.4. The minimum atomic E-state index is -1.09. The third kappa shape index (κ3) is 4.43. The highest BCUT2D eigenvalue weighted by molar-refractivity contribution is 5.75. The van der Waals surface area contributed by atoms with Crippen LogP contribution in [-0.4, -0.2) is 30.8 Å². The number of halogens is 1. The maximum atomic E-state index is 13.5. The SMILES string of the molecule is CCOCCCNC(C(=O)O)c1ccccc1F. The second-order valence-corrected chi connectivity index (χ2v) is 3.80. The van der Waals surface area contributed by atoms with Crippen LogP contribution in [0.5, 0.6) is 0 Å². The maximum Gasteiger partial charge on any atom is 0.325 e. The molecule has 0 fully saturated rings. The third-order valence-electron chi connectivity index (χ3n) is 2.48. The first-order valence-electron chi connectivity index (χ1n) is 5.95. The lowest BCUT2D eigenvalue weighted by atomic mass is 10.1. The molecule has 0 aliphatic carbocycles. The standard InChI is InChI=1S/C13H18FNO3/c1-2-18-9-5-8-15-12(13(16)17)10-6-3-4-7-11(10)14/h3-4,6-7,12,15H,2,5,8-9H2,1H3,(H,16,17). The van der Waals surface area contributed by atoms with Crippen molar-refractivity contribution in [2.75, 3.05) is 19.8 Å². The minimum absolute atomic E-state index is 0.154. The van der Waals surface area contributed by atoms with Gasteiger partial charge in [0.1, 0.15) is 11.9 Å².